The van der Waals surface area contributed by atoms with Crippen LogP contribution in [0.4, 0.5) is 0 Å². The Morgan fingerprint density at radius 3 is 3.00 bits per heavy atom. The largest absolute Gasteiger partial charge is 0.359 e. The Hall–Kier alpha value is -0.860. The van der Waals surface area contributed by atoms with Gasteiger partial charge < -0.3 is 9.47 Å². The van der Waals surface area contributed by atoms with Crippen molar-refractivity contribution in [2.24, 2.45) is 11.8 Å². The van der Waals surface area contributed by atoms with E-state index in [1.165, 1.54) is 32.1 Å². The Kier molecular flexibility index (Phi) is 3.90. The molecule has 0 N–H and O–H groups in total. The van der Waals surface area contributed by atoms with Crippen molar-refractivity contribution >= 4 is 0 Å². The van der Waals surface area contributed by atoms with E-state index < -0.39 is 0 Å². The van der Waals surface area contributed by atoms with E-state index in [9.17, 15) is 0 Å². The Bertz CT molecular complexity index is 442. The zero-order valence-electron chi connectivity index (χ0n) is 12.1. The van der Waals surface area contributed by atoms with Crippen LogP contribution in [0.5, 0.6) is 0 Å². The standard InChI is InChI=1S/C17H24O2/c1-12-6-5-9-15-13-7-3-4-8-14(13)16(17(12)15)10-19-11-18-2/h4,8,12,16H,3,5-7,9-11H2,1-2H3. The molecular formula is C17H24O2. The summed E-state index contributed by atoms with van der Waals surface area (Å²) in [7, 11) is 1.69. The first kappa shape index (κ1) is 13.1. The highest BCUT2D eigenvalue weighted by molar-refractivity contribution is 5.56. The number of hydrogen-bond acceptors (Lipinski definition) is 2. The summed E-state index contributed by atoms with van der Waals surface area (Å²) >= 11 is 0. The maximum atomic E-state index is 5.69. The Morgan fingerprint density at radius 1 is 1.26 bits per heavy atom. The summed E-state index contributed by atoms with van der Waals surface area (Å²) in [4.78, 5) is 0. The number of fused-ring (bicyclic) bond motifs is 1. The first-order valence-corrected chi connectivity index (χ1v) is 7.52. The summed E-state index contributed by atoms with van der Waals surface area (Å²) in [6.07, 6.45) is 11.1. The molecule has 0 heterocycles. The molecule has 0 aliphatic heterocycles. The number of allylic oxidation sites excluding steroid dienone is 4. The van der Waals surface area contributed by atoms with Crippen molar-refractivity contribution in [2.75, 3.05) is 20.5 Å². The number of methoxy groups -OCH3 is 1. The van der Waals surface area contributed by atoms with Crippen LogP contribution in [0, 0.1) is 11.8 Å². The van der Waals surface area contributed by atoms with E-state index in [0.29, 0.717) is 12.7 Å². The monoisotopic (exact) mass is 260 g/mol. The summed E-state index contributed by atoms with van der Waals surface area (Å²) in [6.45, 7) is 3.57. The van der Waals surface area contributed by atoms with Crippen molar-refractivity contribution in [3.63, 3.8) is 0 Å². The number of ether oxygens (including phenoxy) is 2. The summed E-state index contributed by atoms with van der Waals surface area (Å²) in [5.74, 6) is 1.21. The molecule has 2 nitrogen and oxygen atoms in total. The SMILES string of the molecule is COCOCC1C2=C(CCC=C2)C2=C1C(C)CCC2. The highest BCUT2D eigenvalue weighted by atomic mass is 16.7. The van der Waals surface area contributed by atoms with Crippen LogP contribution in [0.3, 0.4) is 0 Å². The smallest absolute Gasteiger partial charge is 0.146 e. The molecule has 0 fully saturated rings. The molecule has 2 heteroatoms. The molecule has 2 unspecified atom stereocenters. The van der Waals surface area contributed by atoms with Crippen LogP contribution in [0.2, 0.25) is 0 Å². The molecule has 2 atom stereocenters. The molecule has 0 saturated heterocycles. The van der Waals surface area contributed by atoms with Crippen molar-refractivity contribution in [3.8, 4) is 0 Å². The molecule has 3 rings (SSSR count). The lowest BCUT2D eigenvalue weighted by Gasteiger charge is -2.27. The topological polar surface area (TPSA) is 18.5 Å². The van der Waals surface area contributed by atoms with Crippen molar-refractivity contribution in [1.82, 2.24) is 0 Å². The molecule has 0 aromatic heterocycles. The van der Waals surface area contributed by atoms with Crippen LogP contribution in [0.1, 0.15) is 39.0 Å². The Balaban J connectivity index is 1.88. The summed E-state index contributed by atoms with van der Waals surface area (Å²) < 4.78 is 10.7. The fourth-order valence-electron chi connectivity index (χ4n) is 3.99. The van der Waals surface area contributed by atoms with Crippen LogP contribution in [0.25, 0.3) is 0 Å². The highest BCUT2D eigenvalue weighted by Gasteiger charge is 2.36. The second-order valence-electron chi connectivity index (χ2n) is 5.93. The van der Waals surface area contributed by atoms with E-state index in [0.717, 1.165) is 12.5 Å². The van der Waals surface area contributed by atoms with Crippen LogP contribution in [-0.2, 0) is 9.47 Å². The molecule has 0 bridgehead atoms. The zero-order valence-corrected chi connectivity index (χ0v) is 12.1. The van der Waals surface area contributed by atoms with Gasteiger partial charge in [-0.2, -0.15) is 0 Å². The molecule has 0 radical (unpaired) electrons. The molecule has 0 aromatic carbocycles. The third-order valence-electron chi connectivity index (χ3n) is 4.75. The van der Waals surface area contributed by atoms with Gasteiger partial charge in [0, 0.05) is 13.0 Å². The van der Waals surface area contributed by atoms with Crippen molar-refractivity contribution in [1.29, 1.82) is 0 Å². The summed E-state index contributed by atoms with van der Waals surface area (Å²) in [6, 6.07) is 0. The van der Waals surface area contributed by atoms with Crippen LogP contribution < -0.4 is 0 Å². The van der Waals surface area contributed by atoms with Gasteiger partial charge in [-0.25, -0.2) is 0 Å². The van der Waals surface area contributed by atoms with E-state index in [1.807, 2.05) is 0 Å². The first-order valence-electron chi connectivity index (χ1n) is 7.52. The third kappa shape index (κ3) is 2.32. The van der Waals surface area contributed by atoms with Gasteiger partial charge in [0.15, 0.2) is 0 Å². The predicted molar refractivity (Wildman–Crippen MR) is 76.8 cm³/mol. The lowest BCUT2D eigenvalue weighted by molar-refractivity contribution is -0.0368. The van der Waals surface area contributed by atoms with E-state index in [1.54, 1.807) is 29.4 Å². The molecule has 3 aliphatic rings. The minimum absolute atomic E-state index is 0.403. The van der Waals surface area contributed by atoms with E-state index >= 15 is 0 Å². The number of hydrogen-bond donors (Lipinski definition) is 0. The van der Waals surface area contributed by atoms with Gasteiger partial charge in [0.1, 0.15) is 6.79 Å². The summed E-state index contributed by atoms with van der Waals surface area (Å²) in [5.41, 5.74) is 6.55. The molecule has 0 spiro atoms. The van der Waals surface area contributed by atoms with Gasteiger partial charge in [-0.05, 0) is 54.7 Å². The van der Waals surface area contributed by atoms with Gasteiger partial charge in [0.25, 0.3) is 0 Å². The van der Waals surface area contributed by atoms with Gasteiger partial charge in [-0.15, -0.1) is 0 Å². The molecule has 104 valence electrons. The second kappa shape index (κ2) is 5.64. The van der Waals surface area contributed by atoms with Crippen LogP contribution in [-0.4, -0.2) is 20.5 Å². The van der Waals surface area contributed by atoms with Gasteiger partial charge in [0.2, 0.25) is 0 Å². The lowest BCUT2D eigenvalue weighted by Crippen LogP contribution is -2.19. The molecular weight excluding hydrogens is 236 g/mol. The fourth-order valence-corrected chi connectivity index (χ4v) is 3.99. The molecule has 19 heavy (non-hydrogen) atoms. The van der Waals surface area contributed by atoms with Gasteiger partial charge in [-0.1, -0.05) is 24.6 Å². The fraction of sp³-hybridized carbons (Fsp3) is 0.647. The number of rotatable bonds is 4. The molecule has 0 amide bonds. The third-order valence-corrected chi connectivity index (χ3v) is 4.75. The van der Waals surface area contributed by atoms with Gasteiger partial charge in [0.05, 0.1) is 6.61 Å². The van der Waals surface area contributed by atoms with Crippen molar-refractivity contribution < 1.29 is 9.47 Å². The second-order valence-corrected chi connectivity index (χ2v) is 5.93. The highest BCUT2D eigenvalue weighted by Crippen LogP contribution is 2.50. The van der Waals surface area contributed by atoms with E-state index in [2.05, 4.69) is 19.1 Å². The lowest BCUT2D eigenvalue weighted by atomic mass is 9.79. The van der Waals surface area contributed by atoms with Crippen molar-refractivity contribution in [3.05, 3.63) is 34.4 Å². The average molecular weight is 260 g/mol. The van der Waals surface area contributed by atoms with E-state index in [4.69, 9.17) is 9.47 Å². The Labute approximate surface area is 116 Å². The quantitative estimate of drug-likeness (QED) is 0.562. The zero-order chi connectivity index (χ0) is 13.2. The molecule has 0 aromatic rings. The Morgan fingerprint density at radius 2 is 2.16 bits per heavy atom. The van der Waals surface area contributed by atoms with Gasteiger partial charge in [-0.3, -0.25) is 0 Å². The first-order chi connectivity index (χ1) is 9.33. The van der Waals surface area contributed by atoms with Crippen molar-refractivity contribution in [2.45, 2.75) is 39.0 Å². The maximum Gasteiger partial charge on any atom is 0.146 e. The minimum Gasteiger partial charge on any atom is -0.359 e. The maximum absolute atomic E-state index is 5.69. The van der Waals surface area contributed by atoms with Crippen LogP contribution >= 0.6 is 0 Å². The van der Waals surface area contributed by atoms with Crippen LogP contribution in [0.15, 0.2) is 34.4 Å². The predicted octanol–water partition coefficient (Wildman–Crippen LogP) is 4.00. The summed E-state index contributed by atoms with van der Waals surface area (Å²) in [5, 5.41) is 0. The normalized spacial score (nSPS) is 29.8. The van der Waals surface area contributed by atoms with E-state index in [-0.39, 0.29) is 0 Å². The minimum atomic E-state index is 0.403. The molecule has 0 saturated carbocycles. The van der Waals surface area contributed by atoms with Gasteiger partial charge >= 0.3 is 0 Å². The molecule has 3 aliphatic carbocycles. The average Bonchev–Trinajstić information content (AvgIpc) is 2.76.